The number of nitrogens with one attached hydrogen (secondary N) is 1. The molecule has 0 atom stereocenters. The van der Waals surface area contributed by atoms with Gasteiger partial charge in [-0.15, -0.1) is 0 Å². The van der Waals surface area contributed by atoms with Crippen molar-refractivity contribution < 1.29 is 9.53 Å². The summed E-state index contributed by atoms with van der Waals surface area (Å²) in [7, 11) is 0. The molecule has 0 aliphatic heterocycles. The summed E-state index contributed by atoms with van der Waals surface area (Å²) in [6.45, 7) is 3.44. The van der Waals surface area contributed by atoms with Crippen LogP contribution in [-0.2, 0) is 22.6 Å². The molecule has 1 fully saturated rings. The van der Waals surface area contributed by atoms with E-state index in [0.717, 1.165) is 18.1 Å². The molecule has 0 amide bonds. The molecule has 1 N–H and O–H groups in total. The molecular weight excluding hydrogens is 252 g/mol. The number of aromatic nitrogens is 1. The van der Waals surface area contributed by atoms with E-state index in [-0.39, 0.29) is 12.5 Å². The van der Waals surface area contributed by atoms with E-state index in [4.69, 9.17) is 4.74 Å². The monoisotopic (exact) mass is 272 g/mol. The Kier molecular flexibility index (Phi) is 3.74. The Labute approximate surface area is 118 Å². The summed E-state index contributed by atoms with van der Waals surface area (Å²) in [5, 5.41) is 4.68. The van der Waals surface area contributed by atoms with Gasteiger partial charge in [0, 0.05) is 24.3 Å². The fraction of sp³-hybridized carbons (Fsp3) is 0.438. The Morgan fingerprint density at radius 2 is 2.25 bits per heavy atom. The minimum atomic E-state index is -0.190. The summed E-state index contributed by atoms with van der Waals surface area (Å²) in [6.07, 6.45) is 4.55. The molecule has 0 unspecified atom stereocenters. The molecule has 1 aromatic heterocycles. The zero-order valence-electron chi connectivity index (χ0n) is 11.8. The lowest BCUT2D eigenvalue weighted by atomic mass is 10.1. The van der Waals surface area contributed by atoms with E-state index in [1.54, 1.807) is 0 Å². The number of benzene rings is 1. The van der Waals surface area contributed by atoms with E-state index < -0.39 is 0 Å². The first kappa shape index (κ1) is 13.2. The quantitative estimate of drug-likeness (QED) is 0.821. The number of rotatable bonds is 6. The van der Waals surface area contributed by atoms with Crippen molar-refractivity contribution in [2.45, 2.75) is 38.9 Å². The van der Waals surface area contributed by atoms with Gasteiger partial charge >= 0.3 is 5.97 Å². The minimum absolute atomic E-state index is 0.190. The molecule has 1 aliphatic carbocycles. The maximum atomic E-state index is 11.6. The predicted molar refractivity (Wildman–Crippen MR) is 78.4 cm³/mol. The van der Waals surface area contributed by atoms with Crippen molar-refractivity contribution >= 4 is 16.9 Å². The molecule has 3 rings (SSSR count). The maximum Gasteiger partial charge on any atom is 0.325 e. The van der Waals surface area contributed by atoms with Gasteiger partial charge in [-0.1, -0.05) is 6.07 Å². The highest BCUT2D eigenvalue weighted by Crippen LogP contribution is 2.21. The molecule has 1 heterocycles. The summed E-state index contributed by atoms with van der Waals surface area (Å²) < 4.78 is 6.93. The van der Waals surface area contributed by atoms with Gasteiger partial charge < -0.3 is 14.6 Å². The van der Waals surface area contributed by atoms with Crippen LogP contribution in [0.2, 0.25) is 0 Å². The molecule has 0 bridgehead atoms. The zero-order chi connectivity index (χ0) is 13.9. The first-order chi connectivity index (χ1) is 9.76. The Morgan fingerprint density at radius 1 is 1.40 bits per heavy atom. The summed E-state index contributed by atoms with van der Waals surface area (Å²) in [5.74, 6) is -0.190. The number of fused-ring (bicyclic) bond motifs is 1. The van der Waals surface area contributed by atoms with Gasteiger partial charge in [-0.25, -0.2) is 0 Å². The lowest BCUT2D eigenvalue weighted by molar-refractivity contribution is -0.143. The Hall–Kier alpha value is -1.81. The van der Waals surface area contributed by atoms with Gasteiger partial charge in [0.05, 0.1) is 6.61 Å². The Balaban J connectivity index is 1.73. The second kappa shape index (κ2) is 5.67. The van der Waals surface area contributed by atoms with E-state index >= 15 is 0 Å². The van der Waals surface area contributed by atoms with Crippen LogP contribution >= 0.6 is 0 Å². The van der Waals surface area contributed by atoms with Gasteiger partial charge in [0.1, 0.15) is 6.54 Å². The summed E-state index contributed by atoms with van der Waals surface area (Å²) in [4.78, 5) is 11.6. The van der Waals surface area contributed by atoms with Crippen LogP contribution in [0.1, 0.15) is 25.3 Å². The number of hydrogen-bond acceptors (Lipinski definition) is 3. The van der Waals surface area contributed by atoms with E-state index in [1.165, 1.54) is 23.8 Å². The molecule has 0 spiro atoms. The van der Waals surface area contributed by atoms with Crippen molar-refractivity contribution in [1.82, 2.24) is 9.88 Å². The molecule has 2 aromatic rings. The van der Waals surface area contributed by atoms with Crippen molar-refractivity contribution in [3.63, 3.8) is 0 Å². The highest BCUT2D eigenvalue weighted by Gasteiger charge is 2.19. The number of nitrogens with zero attached hydrogens (tertiary/aromatic N) is 1. The molecule has 0 saturated heterocycles. The third-order valence-electron chi connectivity index (χ3n) is 3.61. The van der Waals surface area contributed by atoms with Gasteiger partial charge in [-0.05, 0) is 48.9 Å². The van der Waals surface area contributed by atoms with Gasteiger partial charge in [0.25, 0.3) is 0 Å². The van der Waals surface area contributed by atoms with Crippen molar-refractivity contribution in [3.8, 4) is 0 Å². The zero-order valence-corrected chi connectivity index (χ0v) is 11.8. The third-order valence-corrected chi connectivity index (χ3v) is 3.61. The van der Waals surface area contributed by atoms with Gasteiger partial charge in [-0.3, -0.25) is 4.79 Å². The van der Waals surface area contributed by atoms with Crippen molar-refractivity contribution in [2.75, 3.05) is 6.61 Å². The van der Waals surface area contributed by atoms with Crippen molar-refractivity contribution in [3.05, 3.63) is 36.0 Å². The molecule has 4 nitrogen and oxygen atoms in total. The smallest absolute Gasteiger partial charge is 0.325 e. The van der Waals surface area contributed by atoms with Crippen molar-refractivity contribution in [2.24, 2.45) is 0 Å². The third kappa shape index (κ3) is 3.02. The fourth-order valence-electron chi connectivity index (χ4n) is 2.39. The average molecular weight is 272 g/mol. The summed E-state index contributed by atoms with van der Waals surface area (Å²) in [5.41, 5.74) is 2.37. The largest absolute Gasteiger partial charge is 0.465 e. The molecule has 0 radical (unpaired) electrons. The molecule has 1 aromatic carbocycles. The SMILES string of the molecule is CCOC(=O)Cn1ccc2cc(CNC3CC3)ccc21. The van der Waals surface area contributed by atoms with Crippen LogP contribution in [0.3, 0.4) is 0 Å². The van der Waals surface area contributed by atoms with Crippen LogP contribution < -0.4 is 5.32 Å². The highest BCUT2D eigenvalue weighted by molar-refractivity contribution is 5.82. The topological polar surface area (TPSA) is 43.3 Å². The van der Waals surface area contributed by atoms with Crippen LogP contribution in [0.4, 0.5) is 0 Å². The van der Waals surface area contributed by atoms with Crippen LogP contribution in [0.5, 0.6) is 0 Å². The summed E-state index contributed by atoms with van der Waals surface area (Å²) >= 11 is 0. The molecule has 20 heavy (non-hydrogen) atoms. The van der Waals surface area contributed by atoms with E-state index in [9.17, 15) is 4.79 Å². The van der Waals surface area contributed by atoms with Gasteiger partial charge in [0.2, 0.25) is 0 Å². The molecule has 1 saturated carbocycles. The second-order valence-corrected chi connectivity index (χ2v) is 5.30. The standard InChI is InChI=1S/C16H20N2O2/c1-2-20-16(19)11-18-8-7-13-9-12(3-6-15(13)18)10-17-14-4-5-14/h3,6-9,14,17H,2,4-5,10-11H2,1H3. The molecule has 4 heteroatoms. The normalized spacial score (nSPS) is 14.7. The van der Waals surface area contributed by atoms with E-state index in [0.29, 0.717) is 6.61 Å². The minimum Gasteiger partial charge on any atom is -0.465 e. The van der Waals surface area contributed by atoms with E-state index in [2.05, 4.69) is 29.6 Å². The van der Waals surface area contributed by atoms with Crippen LogP contribution in [-0.4, -0.2) is 23.2 Å². The Morgan fingerprint density at radius 3 is 3.00 bits per heavy atom. The summed E-state index contributed by atoms with van der Waals surface area (Å²) in [6, 6.07) is 9.17. The number of hydrogen-bond donors (Lipinski definition) is 1. The fourth-order valence-corrected chi connectivity index (χ4v) is 2.39. The van der Waals surface area contributed by atoms with Crippen LogP contribution in [0, 0.1) is 0 Å². The molecule has 106 valence electrons. The van der Waals surface area contributed by atoms with Gasteiger partial charge in [-0.2, -0.15) is 0 Å². The number of esters is 1. The van der Waals surface area contributed by atoms with Crippen LogP contribution in [0.15, 0.2) is 30.5 Å². The average Bonchev–Trinajstić information content (AvgIpc) is 3.19. The lowest BCUT2D eigenvalue weighted by Crippen LogP contribution is -2.15. The predicted octanol–water partition coefficient (Wildman–Crippen LogP) is 2.46. The number of carbonyl (C=O) groups excluding carboxylic acids is 1. The number of ether oxygens (including phenoxy) is 1. The molecule has 1 aliphatic rings. The Bertz CT molecular complexity index is 614. The van der Waals surface area contributed by atoms with Gasteiger partial charge in [0.15, 0.2) is 0 Å². The van der Waals surface area contributed by atoms with Crippen molar-refractivity contribution in [1.29, 1.82) is 0 Å². The first-order valence-corrected chi connectivity index (χ1v) is 7.23. The van der Waals surface area contributed by atoms with E-state index in [1.807, 2.05) is 17.7 Å². The first-order valence-electron chi connectivity index (χ1n) is 7.23. The number of carbonyl (C=O) groups is 1. The molecular formula is C16H20N2O2. The highest BCUT2D eigenvalue weighted by atomic mass is 16.5. The van der Waals surface area contributed by atoms with Crippen LogP contribution in [0.25, 0.3) is 10.9 Å². The second-order valence-electron chi connectivity index (χ2n) is 5.30. The lowest BCUT2D eigenvalue weighted by Gasteiger charge is -2.06. The maximum absolute atomic E-state index is 11.6.